The molecule has 0 spiro atoms. The zero-order valence-electron chi connectivity index (χ0n) is 20.5. The van der Waals surface area contributed by atoms with Gasteiger partial charge in [-0.3, -0.25) is 4.79 Å². The summed E-state index contributed by atoms with van der Waals surface area (Å²) in [6, 6.07) is 25.8. The Morgan fingerprint density at radius 3 is 2.57 bits per heavy atom. The molecule has 1 atom stereocenters. The van der Waals surface area contributed by atoms with Crippen LogP contribution in [-0.4, -0.2) is 15.9 Å². The third kappa shape index (κ3) is 5.38. The Balaban J connectivity index is 1.53. The number of aromatic nitrogens is 2. The maximum atomic E-state index is 13.5. The van der Waals surface area contributed by atoms with E-state index in [1.54, 1.807) is 12.3 Å². The van der Waals surface area contributed by atoms with Gasteiger partial charge < -0.3 is 4.74 Å². The normalized spacial score (nSPS) is 12.4. The van der Waals surface area contributed by atoms with Crippen molar-refractivity contribution in [1.29, 1.82) is 0 Å². The van der Waals surface area contributed by atoms with Crippen molar-refractivity contribution in [3.63, 3.8) is 0 Å². The molecule has 0 amide bonds. The van der Waals surface area contributed by atoms with Crippen LogP contribution in [0.3, 0.4) is 0 Å². The maximum absolute atomic E-state index is 13.5. The average molecular weight is 619 g/mol. The van der Waals surface area contributed by atoms with Crippen molar-refractivity contribution < 1.29 is 4.74 Å². The fraction of sp³-hybridized carbons (Fsp3) is 0.167. The van der Waals surface area contributed by atoms with Gasteiger partial charge in [-0.15, -0.1) is 0 Å². The summed E-state index contributed by atoms with van der Waals surface area (Å²) < 4.78 is 9.39. The first-order valence-corrected chi connectivity index (χ1v) is 13.7. The van der Waals surface area contributed by atoms with Crippen LogP contribution in [0, 0.1) is 0 Å². The Morgan fingerprint density at radius 2 is 1.73 bits per heavy atom. The summed E-state index contributed by atoms with van der Waals surface area (Å²) >= 11 is 7.01. The molecule has 0 aliphatic carbocycles. The fourth-order valence-corrected chi connectivity index (χ4v) is 4.96. The molecule has 1 aromatic heterocycles. The van der Waals surface area contributed by atoms with Gasteiger partial charge in [0.2, 0.25) is 0 Å². The van der Waals surface area contributed by atoms with E-state index in [1.165, 1.54) is 10.1 Å². The minimum atomic E-state index is -0.203. The average Bonchev–Trinajstić information content (AvgIpc) is 2.91. The van der Waals surface area contributed by atoms with Crippen LogP contribution in [0.15, 0.2) is 97.7 Å². The molecule has 7 heteroatoms. The minimum absolute atomic E-state index is 0.0579. The van der Waals surface area contributed by atoms with Crippen LogP contribution < -0.4 is 10.3 Å². The Hall–Kier alpha value is -3.29. The number of ether oxygens (including phenoxy) is 1. The first-order chi connectivity index (χ1) is 17.9. The highest BCUT2D eigenvalue weighted by Crippen LogP contribution is 2.26. The molecule has 0 N–H and O–H groups in total. The van der Waals surface area contributed by atoms with Crippen LogP contribution in [0.5, 0.6) is 5.75 Å². The van der Waals surface area contributed by atoms with E-state index in [-0.39, 0.29) is 11.5 Å². The van der Waals surface area contributed by atoms with Gasteiger partial charge >= 0.3 is 0 Å². The third-order valence-corrected chi connectivity index (χ3v) is 7.42. The summed E-state index contributed by atoms with van der Waals surface area (Å²) in [6.07, 6.45) is 2.50. The van der Waals surface area contributed by atoms with E-state index in [2.05, 4.69) is 75.1 Å². The van der Waals surface area contributed by atoms with Crippen molar-refractivity contribution in [2.75, 3.05) is 0 Å². The van der Waals surface area contributed by atoms with E-state index in [4.69, 9.17) is 9.72 Å². The van der Waals surface area contributed by atoms with Crippen LogP contribution >= 0.6 is 31.9 Å². The van der Waals surface area contributed by atoms with Crippen molar-refractivity contribution in [1.82, 2.24) is 9.66 Å². The molecule has 186 valence electrons. The molecule has 1 heterocycles. The molecule has 5 rings (SSSR count). The van der Waals surface area contributed by atoms with Crippen LogP contribution in [0.2, 0.25) is 0 Å². The molecule has 0 fully saturated rings. The summed E-state index contributed by atoms with van der Waals surface area (Å²) in [7, 11) is 0. The maximum Gasteiger partial charge on any atom is 0.282 e. The Morgan fingerprint density at radius 1 is 0.973 bits per heavy atom. The molecular formula is C30H25Br2N3O2. The van der Waals surface area contributed by atoms with E-state index in [9.17, 15) is 4.79 Å². The topological polar surface area (TPSA) is 56.5 Å². The molecule has 0 saturated heterocycles. The zero-order valence-corrected chi connectivity index (χ0v) is 23.7. The number of halogens is 2. The van der Waals surface area contributed by atoms with Crippen molar-refractivity contribution in [3.05, 3.63) is 115 Å². The van der Waals surface area contributed by atoms with Crippen LogP contribution in [0.4, 0.5) is 0 Å². The monoisotopic (exact) mass is 617 g/mol. The Bertz CT molecular complexity index is 1690. The van der Waals surface area contributed by atoms with Crippen molar-refractivity contribution in [2.45, 2.75) is 32.8 Å². The number of fused-ring (bicyclic) bond motifs is 2. The molecule has 4 aromatic carbocycles. The summed E-state index contributed by atoms with van der Waals surface area (Å²) in [5, 5.41) is 7.48. The molecule has 0 aliphatic heterocycles. The van der Waals surface area contributed by atoms with Gasteiger partial charge in [-0.1, -0.05) is 88.2 Å². The van der Waals surface area contributed by atoms with E-state index >= 15 is 0 Å². The van der Waals surface area contributed by atoms with Gasteiger partial charge in [0.15, 0.2) is 0 Å². The van der Waals surface area contributed by atoms with Crippen LogP contribution in [0.1, 0.15) is 43.1 Å². The number of hydrogen-bond acceptors (Lipinski definition) is 4. The molecule has 0 unspecified atom stereocenters. The number of benzene rings is 4. The fourth-order valence-electron chi connectivity index (χ4n) is 4.22. The van der Waals surface area contributed by atoms with E-state index in [1.807, 2.05) is 48.5 Å². The van der Waals surface area contributed by atoms with E-state index < -0.39 is 0 Å². The van der Waals surface area contributed by atoms with Crippen molar-refractivity contribution >= 4 is 59.7 Å². The van der Waals surface area contributed by atoms with Gasteiger partial charge in [-0.2, -0.15) is 9.78 Å². The van der Waals surface area contributed by atoms with Gasteiger partial charge in [-0.05, 0) is 59.2 Å². The first-order valence-electron chi connectivity index (χ1n) is 12.1. The highest BCUT2D eigenvalue weighted by Gasteiger charge is 2.16. The molecular weight excluding hydrogens is 594 g/mol. The SMILES string of the molecule is CC[C@H](C)c1nc2ccc(Br)cc2c(=O)n1N=Cc1cc(Br)ccc1OCc1cccc2ccccc12. The zero-order chi connectivity index (χ0) is 25.9. The number of rotatable bonds is 7. The second kappa shape index (κ2) is 11.0. The quantitative estimate of drug-likeness (QED) is 0.173. The lowest BCUT2D eigenvalue weighted by molar-refractivity contribution is 0.307. The number of hydrogen-bond donors (Lipinski definition) is 0. The molecule has 0 bridgehead atoms. The van der Waals surface area contributed by atoms with Crippen LogP contribution in [0.25, 0.3) is 21.7 Å². The summed E-state index contributed by atoms with van der Waals surface area (Å²) in [5.74, 6) is 1.36. The second-order valence-electron chi connectivity index (χ2n) is 8.91. The van der Waals surface area contributed by atoms with Crippen molar-refractivity contribution in [2.24, 2.45) is 5.10 Å². The third-order valence-electron chi connectivity index (χ3n) is 6.43. The molecule has 37 heavy (non-hydrogen) atoms. The molecule has 5 aromatic rings. The summed E-state index contributed by atoms with van der Waals surface area (Å²) in [4.78, 5) is 18.3. The van der Waals surface area contributed by atoms with Gasteiger partial charge in [0.1, 0.15) is 18.2 Å². The Kier molecular flexibility index (Phi) is 7.53. The standard InChI is InChI=1S/C30H25Br2N3O2/c1-3-19(2)29-34-27-13-11-24(32)16-26(27)30(36)35(29)33-17-22-15-23(31)12-14-28(22)37-18-21-9-6-8-20-7-4-5-10-25(20)21/h4-17,19H,3,18H2,1-2H3/t19-/m0/s1. The van der Waals surface area contributed by atoms with Gasteiger partial charge in [-0.25, -0.2) is 4.98 Å². The van der Waals surface area contributed by atoms with E-state index in [0.29, 0.717) is 29.1 Å². The largest absolute Gasteiger partial charge is 0.488 e. The van der Waals surface area contributed by atoms with Gasteiger partial charge in [0.25, 0.3) is 5.56 Å². The highest BCUT2D eigenvalue weighted by atomic mass is 79.9. The minimum Gasteiger partial charge on any atom is -0.488 e. The predicted octanol–water partition coefficient (Wildman–Crippen LogP) is 8.05. The highest BCUT2D eigenvalue weighted by molar-refractivity contribution is 9.10. The van der Waals surface area contributed by atoms with Gasteiger partial charge in [0, 0.05) is 20.4 Å². The molecule has 0 radical (unpaired) electrons. The van der Waals surface area contributed by atoms with Crippen LogP contribution in [-0.2, 0) is 6.61 Å². The first kappa shape index (κ1) is 25.4. The molecule has 5 nitrogen and oxygen atoms in total. The second-order valence-corrected chi connectivity index (χ2v) is 10.7. The smallest absolute Gasteiger partial charge is 0.282 e. The lowest BCUT2D eigenvalue weighted by Crippen LogP contribution is -2.23. The van der Waals surface area contributed by atoms with Gasteiger partial charge in [0.05, 0.1) is 17.1 Å². The summed E-state index contributed by atoms with van der Waals surface area (Å²) in [6.45, 7) is 4.54. The molecule has 0 saturated carbocycles. The molecule has 0 aliphatic rings. The predicted molar refractivity (Wildman–Crippen MR) is 158 cm³/mol. The summed E-state index contributed by atoms with van der Waals surface area (Å²) in [5.41, 5.74) is 2.32. The van der Waals surface area contributed by atoms with Crippen molar-refractivity contribution in [3.8, 4) is 5.75 Å². The van der Waals surface area contributed by atoms with E-state index in [0.717, 1.165) is 31.9 Å². The Labute approximate surface area is 232 Å². The lowest BCUT2D eigenvalue weighted by atomic mass is 10.1. The number of nitrogens with zero attached hydrogens (tertiary/aromatic N) is 3. The lowest BCUT2D eigenvalue weighted by Gasteiger charge is -2.14.